The van der Waals surface area contributed by atoms with Gasteiger partial charge in [0.1, 0.15) is 17.6 Å². The second kappa shape index (κ2) is 2.54. The molecule has 0 aromatic carbocycles. The lowest BCUT2D eigenvalue weighted by Gasteiger charge is -1.92. The molecule has 3 nitrogen and oxygen atoms in total. The van der Waals surface area contributed by atoms with Gasteiger partial charge in [0.15, 0.2) is 0 Å². The molecule has 0 unspecified atom stereocenters. The number of nitrogens with zero attached hydrogens (tertiary/aromatic N) is 2. The van der Waals surface area contributed by atoms with E-state index in [1.165, 1.54) is 12.1 Å². The van der Waals surface area contributed by atoms with E-state index in [-0.39, 0.29) is 11.5 Å². The molecule has 0 spiro atoms. The van der Waals surface area contributed by atoms with Gasteiger partial charge in [0, 0.05) is 5.02 Å². The zero-order chi connectivity index (χ0) is 7.56. The minimum Gasteiger partial charge on any atom is -0.384 e. The summed E-state index contributed by atoms with van der Waals surface area (Å²) in [5.74, 6) is 0.268. The first-order valence-corrected chi connectivity index (χ1v) is 2.93. The fourth-order valence-electron chi connectivity index (χ4n) is 0.574. The Labute approximate surface area is 63.1 Å². The number of pyridine rings is 1. The summed E-state index contributed by atoms with van der Waals surface area (Å²) in [6, 6.07) is 4.78. The van der Waals surface area contributed by atoms with E-state index in [4.69, 9.17) is 22.6 Å². The van der Waals surface area contributed by atoms with Crippen LogP contribution in [0.1, 0.15) is 5.69 Å². The summed E-state index contributed by atoms with van der Waals surface area (Å²) in [5, 5.41) is 8.79. The lowest BCUT2D eigenvalue weighted by Crippen LogP contribution is -1.91. The van der Waals surface area contributed by atoms with Gasteiger partial charge >= 0.3 is 0 Å². The van der Waals surface area contributed by atoms with Crippen molar-refractivity contribution in [2.24, 2.45) is 0 Å². The van der Waals surface area contributed by atoms with E-state index in [9.17, 15) is 0 Å². The van der Waals surface area contributed by atoms with Crippen molar-refractivity contribution < 1.29 is 0 Å². The first kappa shape index (κ1) is 6.84. The van der Waals surface area contributed by atoms with Crippen molar-refractivity contribution in [3.63, 3.8) is 0 Å². The summed E-state index contributed by atoms with van der Waals surface area (Å²) >= 11 is 5.56. The molecule has 10 heavy (non-hydrogen) atoms. The monoisotopic (exact) mass is 153 g/mol. The summed E-state index contributed by atoms with van der Waals surface area (Å²) in [7, 11) is 0. The number of nitrogens with two attached hydrogens (primary N) is 1. The molecule has 0 aliphatic heterocycles. The normalized spacial score (nSPS) is 8.80. The molecule has 4 heteroatoms. The van der Waals surface area contributed by atoms with Crippen LogP contribution in [0, 0.1) is 11.3 Å². The lowest BCUT2D eigenvalue weighted by atomic mass is 10.4. The van der Waals surface area contributed by atoms with Crippen molar-refractivity contribution in [2.75, 3.05) is 5.73 Å². The Bertz CT molecular complexity index is 269. The van der Waals surface area contributed by atoms with Crippen LogP contribution in [-0.4, -0.2) is 4.98 Å². The fourth-order valence-corrected chi connectivity index (χ4v) is 0.790. The average Bonchev–Trinajstić information content (AvgIpc) is 1.85. The van der Waals surface area contributed by atoms with Crippen LogP contribution in [-0.2, 0) is 0 Å². The summed E-state index contributed by atoms with van der Waals surface area (Å²) in [4.78, 5) is 3.68. The molecule has 1 aromatic heterocycles. The maximum absolute atomic E-state index is 8.36. The number of halogens is 1. The van der Waals surface area contributed by atoms with Gasteiger partial charge in [0.05, 0.1) is 0 Å². The quantitative estimate of drug-likeness (QED) is 0.609. The predicted molar refractivity (Wildman–Crippen MR) is 38.4 cm³/mol. The van der Waals surface area contributed by atoms with E-state index in [1.807, 2.05) is 6.07 Å². The van der Waals surface area contributed by atoms with Crippen molar-refractivity contribution in [1.82, 2.24) is 4.98 Å². The molecule has 1 rings (SSSR count). The molecule has 0 saturated carbocycles. The van der Waals surface area contributed by atoms with Gasteiger partial charge in [-0.2, -0.15) is 5.26 Å². The maximum Gasteiger partial charge on any atom is 0.144 e. The van der Waals surface area contributed by atoms with Crippen molar-refractivity contribution in [3.8, 4) is 6.07 Å². The molecule has 0 saturated heterocycles. The highest BCUT2D eigenvalue weighted by Crippen LogP contribution is 2.11. The van der Waals surface area contributed by atoms with E-state index in [1.54, 1.807) is 0 Å². The van der Waals surface area contributed by atoms with Crippen LogP contribution < -0.4 is 5.73 Å². The zero-order valence-corrected chi connectivity index (χ0v) is 5.76. The minimum atomic E-state index is 0.241. The Morgan fingerprint density at radius 3 is 2.80 bits per heavy atom. The van der Waals surface area contributed by atoms with Crippen LogP contribution in [0.2, 0.25) is 5.02 Å². The third-order valence-electron chi connectivity index (χ3n) is 0.924. The largest absolute Gasteiger partial charge is 0.384 e. The Hall–Kier alpha value is -1.27. The first-order chi connectivity index (χ1) is 4.72. The molecule has 1 heterocycles. The molecule has 0 bridgehead atoms. The highest BCUT2D eigenvalue weighted by molar-refractivity contribution is 6.30. The van der Waals surface area contributed by atoms with Crippen LogP contribution in [0.3, 0.4) is 0 Å². The Balaban J connectivity index is 3.22. The van der Waals surface area contributed by atoms with E-state index in [2.05, 4.69) is 4.98 Å². The lowest BCUT2D eigenvalue weighted by molar-refractivity contribution is 1.27. The minimum absolute atomic E-state index is 0.241. The van der Waals surface area contributed by atoms with Gasteiger partial charge in [0.25, 0.3) is 0 Å². The number of hydrogen-bond acceptors (Lipinski definition) is 3. The smallest absolute Gasteiger partial charge is 0.144 e. The van der Waals surface area contributed by atoms with Gasteiger partial charge in [-0.05, 0) is 12.1 Å². The second-order valence-electron chi connectivity index (χ2n) is 1.71. The molecule has 0 aliphatic carbocycles. The molecule has 2 N–H and O–H groups in total. The van der Waals surface area contributed by atoms with Crippen LogP contribution in [0.4, 0.5) is 5.82 Å². The second-order valence-corrected chi connectivity index (χ2v) is 2.14. The third kappa shape index (κ3) is 1.36. The molecule has 0 radical (unpaired) electrons. The van der Waals surface area contributed by atoms with Crippen LogP contribution in [0.25, 0.3) is 0 Å². The van der Waals surface area contributed by atoms with E-state index in [0.29, 0.717) is 5.02 Å². The first-order valence-electron chi connectivity index (χ1n) is 2.55. The van der Waals surface area contributed by atoms with Crippen LogP contribution in [0.15, 0.2) is 12.1 Å². The predicted octanol–water partition coefficient (Wildman–Crippen LogP) is 1.19. The Kier molecular flexibility index (Phi) is 1.74. The molecule has 0 amide bonds. The average molecular weight is 154 g/mol. The third-order valence-corrected chi connectivity index (χ3v) is 1.14. The fraction of sp³-hybridized carbons (Fsp3) is 0. The molecule has 0 aliphatic rings. The van der Waals surface area contributed by atoms with Gasteiger partial charge < -0.3 is 5.73 Å². The van der Waals surface area contributed by atoms with Crippen molar-refractivity contribution in [3.05, 3.63) is 22.8 Å². The number of aromatic nitrogens is 1. The van der Waals surface area contributed by atoms with Crippen molar-refractivity contribution in [2.45, 2.75) is 0 Å². The molecular formula is C6H4ClN3. The number of nitriles is 1. The number of rotatable bonds is 0. The van der Waals surface area contributed by atoms with E-state index in [0.717, 1.165) is 0 Å². The standard InChI is InChI=1S/C6H4ClN3/c7-4-1-5(3-8)10-6(9)2-4/h1-2H,(H2,9,10). The van der Waals surface area contributed by atoms with Gasteiger partial charge in [-0.15, -0.1) is 0 Å². The zero-order valence-electron chi connectivity index (χ0n) is 5.00. The molecule has 50 valence electrons. The summed E-state index contributed by atoms with van der Waals surface area (Å²) in [5.41, 5.74) is 5.53. The molecule has 0 atom stereocenters. The van der Waals surface area contributed by atoms with Gasteiger partial charge in [-0.25, -0.2) is 4.98 Å². The molecule has 1 aromatic rings. The number of anilines is 1. The Morgan fingerprint density at radius 2 is 2.30 bits per heavy atom. The number of hydrogen-bond donors (Lipinski definition) is 1. The SMILES string of the molecule is N#Cc1cc(Cl)cc(N)n1. The molecular weight excluding hydrogens is 150 g/mol. The van der Waals surface area contributed by atoms with Gasteiger partial charge in [0.2, 0.25) is 0 Å². The summed E-state index contributed by atoms with van der Waals surface area (Å²) in [6.07, 6.45) is 0. The topological polar surface area (TPSA) is 62.7 Å². The highest BCUT2D eigenvalue weighted by atomic mass is 35.5. The van der Waals surface area contributed by atoms with E-state index < -0.39 is 0 Å². The Morgan fingerprint density at radius 1 is 1.60 bits per heavy atom. The van der Waals surface area contributed by atoms with Gasteiger partial charge in [-0.1, -0.05) is 11.6 Å². The summed E-state index contributed by atoms with van der Waals surface area (Å²) in [6.45, 7) is 0. The van der Waals surface area contributed by atoms with E-state index >= 15 is 0 Å². The maximum atomic E-state index is 8.36. The summed E-state index contributed by atoms with van der Waals surface area (Å²) < 4.78 is 0. The number of nitrogen functional groups attached to an aromatic ring is 1. The van der Waals surface area contributed by atoms with Crippen LogP contribution >= 0.6 is 11.6 Å². The van der Waals surface area contributed by atoms with Gasteiger partial charge in [-0.3, -0.25) is 0 Å². The highest BCUT2D eigenvalue weighted by Gasteiger charge is 1.95. The van der Waals surface area contributed by atoms with Crippen LogP contribution in [0.5, 0.6) is 0 Å². The van der Waals surface area contributed by atoms with Crippen molar-refractivity contribution >= 4 is 17.4 Å². The van der Waals surface area contributed by atoms with Crippen molar-refractivity contribution in [1.29, 1.82) is 5.26 Å². The molecule has 0 fully saturated rings.